The zero-order valence-electron chi connectivity index (χ0n) is 20.0. The Balaban J connectivity index is 1.33. The number of hydrogen-bond acceptors (Lipinski definition) is 6. The smallest absolute Gasteiger partial charge is 0.410 e. The van der Waals surface area contributed by atoms with E-state index in [1.165, 1.54) is 0 Å². The van der Waals surface area contributed by atoms with Crippen molar-refractivity contribution in [2.45, 2.75) is 52.2 Å². The molecule has 1 aromatic heterocycles. The molecule has 0 radical (unpaired) electrons. The number of ether oxygens (including phenoxy) is 1. The minimum atomic E-state index is -0.516. The zero-order chi connectivity index (χ0) is 24.3. The van der Waals surface area contributed by atoms with E-state index in [0.29, 0.717) is 43.3 Å². The summed E-state index contributed by atoms with van der Waals surface area (Å²) in [5, 5.41) is 11.4. The highest BCUT2D eigenvalue weighted by molar-refractivity contribution is 5.94. The van der Waals surface area contributed by atoms with Crippen LogP contribution in [-0.4, -0.2) is 51.8 Å². The fourth-order valence-corrected chi connectivity index (χ4v) is 3.83. The van der Waals surface area contributed by atoms with Gasteiger partial charge in [-0.25, -0.2) is 4.79 Å². The lowest BCUT2D eigenvalue weighted by Gasteiger charge is -2.33. The van der Waals surface area contributed by atoms with Crippen molar-refractivity contribution in [1.82, 2.24) is 20.4 Å². The first kappa shape index (κ1) is 23.5. The van der Waals surface area contributed by atoms with E-state index in [9.17, 15) is 9.59 Å². The average molecular weight is 463 g/mol. The summed E-state index contributed by atoms with van der Waals surface area (Å²) in [7, 11) is 0. The molecule has 1 aliphatic rings. The maximum absolute atomic E-state index is 12.7. The Morgan fingerprint density at radius 1 is 1.00 bits per heavy atom. The third-order valence-corrected chi connectivity index (χ3v) is 5.68. The summed E-state index contributed by atoms with van der Waals surface area (Å²) in [5.41, 5.74) is 2.74. The van der Waals surface area contributed by atoms with Crippen LogP contribution >= 0.6 is 0 Å². The number of benzene rings is 2. The molecule has 0 saturated carbocycles. The molecule has 178 valence electrons. The predicted molar refractivity (Wildman–Crippen MR) is 128 cm³/mol. The number of hydrogen-bond donors (Lipinski definition) is 1. The lowest BCUT2D eigenvalue weighted by Crippen LogP contribution is -2.47. The van der Waals surface area contributed by atoms with Crippen LogP contribution in [0.2, 0.25) is 0 Å². The van der Waals surface area contributed by atoms with Gasteiger partial charge in [0.05, 0.1) is 0 Å². The molecule has 8 nitrogen and oxygen atoms in total. The fourth-order valence-electron chi connectivity index (χ4n) is 3.83. The van der Waals surface area contributed by atoms with Gasteiger partial charge in [-0.15, -0.1) is 10.2 Å². The number of nitrogens with zero attached hydrogens (tertiary/aromatic N) is 3. The summed E-state index contributed by atoms with van der Waals surface area (Å²) >= 11 is 0. The molecule has 1 saturated heterocycles. The number of aryl methyl sites for hydroxylation is 1. The number of rotatable bonds is 4. The molecule has 0 bridgehead atoms. The van der Waals surface area contributed by atoms with Gasteiger partial charge >= 0.3 is 6.09 Å². The Labute approximate surface area is 199 Å². The maximum atomic E-state index is 12.7. The maximum Gasteiger partial charge on any atom is 0.410 e. The molecule has 1 N–H and O–H groups in total. The van der Waals surface area contributed by atoms with Crippen LogP contribution in [0.1, 0.15) is 49.5 Å². The van der Waals surface area contributed by atoms with Crippen molar-refractivity contribution in [3.8, 4) is 22.9 Å². The first-order chi connectivity index (χ1) is 16.2. The van der Waals surface area contributed by atoms with E-state index in [4.69, 9.17) is 9.15 Å². The number of carbonyl (C=O) groups excluding carboxylic acids is 2. The SMILES string of the molecule is Cc1ccccc1-c1nnc(-c2ccc(C(=O)NC3CCN(C(=O)OC(C)(C)C)CC3)cc2)o1. The monoisotopic (exact) mass is 462 g/mol. The van der Waals surface area contributed by atoms with E-state index in [1.54, 1.807) is 29.2 Å². The molecular weight excluding hydrogens is 432 g/mol. The van der Waals surface area contributed by atoms with Gasteiger partial charge in [-0.1, -0.05) is 18.2 Å². The van der Waals surface area contributed by atoms with Gasteiger partial charge in [0.2, 0.25) is 11.8 Å². The van der Waals surface area contributed by atoms with Crippen molar-refractivity contribution >= 4 is 12.0 Å². The Hall–Kier alpha value is -3.68. The van der Waals surface area contributed by atoms with Gasteiger partial charge < -0.3 is 19.4 Å². The number of likely N-dealkylation sites (tertiary alicyclic amines) is 1. The number of aromatic nitrogens is 2. The highest BCUT2D eigenvalue weighted by atomic mass is 16.6. The van der Waals surface area contributed by atoms with Gasteiger partial charge in [0.25, 0.3) is 5.91 Å². The van der Waals surface area contributed by atoms with Crippen LogP contribution in [0.4, 0.5) is 4.79 Å². The number of carbonyl (C=O) groups is 2. The molecule has 2 amide bonds. The van der Waals surface area contributed by atoms with Crippen LogP contribution < -0.4 is 5.32 Å². The molecule has 3 aromatic rings. The molecule has 0 atom stereocenters. The Bertz CT molecular complexity index is 1160. The summed E-state index contributed by atoms with van der Waals surface area (Å²) in [4.78, 5) is 26.6. The minimum Gasteiger partial charge on any atom is -0.444 e. The van der Waals surface area contributed by atoms with Gasteiger partial charge in [-0.05, 0) is 76.4 Å². The minimum absolute atomic E-state index is 0.0125. The summed E-state index contributed by atoms with van der Waals surface area (Å²) in [5.74, 6) is 0.723. The van der Waals surface area contributed by atoms with Crippen LogP contribution in [0.15, 0.2) is 52.9 Å². The molecule has 34 heavy (non-hydrogen) atoms. The quantitative estimate of drug-likeness (QED) is 0.596. The van der Waals surface area contributed by atoms with Gasteiger partial charge in [0, 0.05) is 35.8 Å². The standard InChI is InChI=1S/C26H30N4O4/c1-17-7-5-6-8-21(17)24-29-28-23(33-24)19-11-9-18(10-12-19)22(31)27-20-13-15-30(16-14-20)25(32)34-26(2,3)4/h5-12,20H,13-16H2,1-4H3,(H,27,31). The van der Waals surface area contributed by atoms with E-state index < -0.39 is 5.60 Å². The molecular formula is C26H30N4O4. The van der Waals surface area contributed by atoms with Crippen molar-refractivity contribution < 1.29 is 18.7 Å². The summed E-state index contributed by atoms with van der Waals surface area (Å²) in [6.07, 6.45) is 1.07. The molecule has 0 spiro atoms. The molecule has 8 heteroatoms. The zero-order valence-corrected chi connectivity index (χ0v) is 20.0. The second-order valence-corrected chi connectivity index (χ2v) is 9.52. The first-order valence-electron chi connectivity index (χ1n) is 11.5. The second kappa shape index (κ2) is 9.67. The lowest BCUT2D eigenvalue weighted by atomic mass is 10.0. The summed E-state index contributed by atoms with van der Waals surface area (Å²) in [6.45, 7) is 8.66. The molecule has 1 aliphatic heterocycles. The van der Waals surface area contributed by atoms with Gasteiger partial charge in [-0.2, -0.15) is 0 Å². The van der Waals surface area contributed by atoms with Gasteiger partial charge in [0.1, 0.15) is 5.60 Å². The second-order valence-electron chi connectivity index (χ2n) is 9.52. The van der Waals surface area contributed by atoms with Crippen LogP contribution in [-0.2, 0) is 4.74 Å². The normalized spacial score (nSPS) is 14.6. The summed E-state index contributed by atoms with van der Waals surface area (Å²) < 4.78 is 11.3. The number of nitrogens with one attached hydrogen (secondary N) is 1. The van der Waals surface area contributed by atoms with Crippen molar-refractivity contribution in [1.29, 1.82) is 0 Å². The van der Waals surface area contributed by atoms with Gasteiger partial charge in [-0.3, -0.25) is 4.79 Å². The highest BCUT2D eigenvalue weighted by Crippen LogP contribution is 2.26. The van der Waals surface area contributed by atoms with E-state index in [-0.39, 0.29) is 18.0 Å². The van der Waals surface area contributed by atoms with Crippen molar-refractivity contribution in [3.05, 3.63) is 59.7 Å². The Morgan fingerprint density at radius 2 is 1.65 bits per heavy atom. The largest absolute Gasteiger partial charge is 0.444 e. The highest BCUT2D eigenvalue weighted by Gasteiger charge is 2.27. The molecule has 2 aromatic carbocycles. The van der Waals surface area contributed by atoms with Crippen LogP contribution in [0, 0.1) is 6.92 Å². The van der Waals surface area contributed by atoms with Crippen LogP contribution in [0.3, 0.4) is 0 Å². The third-order valence-electron chi connectivity index (χ3n) is 5.68. The molecule has 0 unspecified atom stereocenters. The fraction of sp³-hybridized carbons (Fsp3) is 0.385. The molecule has 2 heterocycles. The van der Waals surface area contributed by atoms with Gasteiger partial charge in [0.15, 0.2) is 0 Å². The predicted octanol–water partition coefficient (Wildman–Crippen LogP) is 4.84. The molecule has 4 rings (SSSR count). The van der Waals surface area contributed by atoms with Crippen LogP contribution in [0.5, 0.6) is 0 Å². The summed E-state index contributed by atoms with van der Waals surface area (Å²) in [6, 6.07) is 14.9. The topological polar surface area (TPSA) is 97.6 Å². The first-order valence-corrected chi connectivity index (χ1v) is 11.5. The third kappa shape index (κ3) is 5.62. The van der Waals surface area contributed by atoms with E-state index in [1.807, 2.05) is 52.0 Å². The van der Waals surface area contributed by atoms with Crippen molar-refractivity contribution in [2.24, 2.45) is 0 Å². The number of amides is 2. The molecule has 1 fully saturated rings. The molecule has 0 aliphatic carbocycles. The van der Waals surface area contributed by atoms with E-state index in [2.05, 4.69) is 15.5 Å². The van der Waals surface area contributed by atoms with E-state index >= 15 is 0 Å². The Kier molecular flexibility index (Phi) is 6.68. The lowest BCUT2D eigenvalue weighted by molar-refractivity contribution is 0.0199. The number of piperidine rings is 1. The van der Waals surface area contributed by atoms with Crippen LogP contribution in [0.25, 0.3) is 22.9 Å². The van der Waals surface area contributed by atoms with Crippen molar-refractivity contribution in [3.63, 3.8) is 0 Å². The average Bonchev–Trinajstić information content (AvgIpc) is 3.29. The van der Waals surface area contributed by atoms with Crippen molar-refractivity contribution in [2.75, 3.05) is 13.1 Å². The van der Waals surface area contributed by atoms with E-state index in [0.717, 1.165) is 16.7 Å². The Morgan fingerprint density at radius 3 is 2.29 bits per heavy atom.